The van der Waals surface area contributed by atoms with Crippen LogP contribution in [0.1, 0.15) is 33.8 Å². The van der Waals surface area contributed by atoms with Crippen molar-refractivity contribution in [3.8, 4) is 0 Å². The smallest absolute Gasteiger partial charge is 0.347 e. The molecule has 1 aliphatic rings. The Morgan fingerprint density at radius 2 is 1.86 bits per heavy atom. The Balaban J connectivity index is 1.54. The van der Waals surface area contributed by atoms with E-state index in [1.807, 2.05) is 6.07 Å². The number of aliphatic hydroxyl groups is 1. The number of sulfonamides is 1. The molecule has 192 valence electrons. The topological polar surface area (TPSA) is 170 Å². The van der Waals surface area contributed by atoms with Gasteiger partial charge in [-0.2, -0.15) is 9.97 Å². The zero-order chi connectivity index (χ0) is 25.9. The van der Waals surface area contributed by atoms with Gasteiger partial charge in [-0.15, -0.1) is 0 Å². The molecule has 4 rings (SSSR count). The summed E-state index contributed by atoms with van der Waals surface area (Å²) >= 11 is 1.01. The predicted molar refractivity (Wildman–Crippen MR) is 139 cm³/mol. The molecule has 0 atom stereocenters. The highest BCUT2D eigenvalue weighted by Crippen LogP contribution is 2.27. The Morgan fingerprint density at radius 1 is 1.17 bits per heavy atom. The zero-order valence-electron chi connectivity index (χ0n) is 19.7. The van der Waals surface area contributed by atoms with Crippen LogP contribution in [-0.4, -0.2) is 65.0 Å². The number of thiazole rings is 1. The molecule has 36 heavy (non-hydrogen) atoms. The number of aliphatic hydroxyl groups excluding tert-OH is 1. The van der Waals surface area contributed by atoms with Crippen LogP contribution in [-0.2, 0) is 16.6 Å². The van der Waals surface area contributed by atoms with E-state index in [1.165, 1.54) is 0 Å². The number of carbonyl (C=O) groups is 1. The molecule has 1 saturated heterocycles. The summed E-state index contributed by atoms with van der Waals surface area (Å²) in [7, 11) is -3.35. The second kappa shape index (κ2) is 10.6. The van der Waals surface area contributed by atoms with Crippen molar-refractivity contribution in [1.82, 2.24) is 15.0 Å². The summed E-state index contributed by atoms with van der Waals surface area (Å²) in [4.78, 5) is 27.0. The molecule has 14 heteroatoms. The molecule has 3 heterocycles. The molecule has 12 nitrogen and oxygen atoms in total. The minimum atomic E-state index is -3.35. The van der Waals surface area contributed by atoms with Crippen LogP contribution in [0.5, 0.6) is 0 Å². The van der Waals surface area contributed by atoms with Crippen molar-refractivity contribution in [2.45, 2.75) is 32.4 Å². The number of piperidine rings is 1. The van der Waals surface area contributed by atoms with Crippen molar-refractivity contribution < 1.29 is 23.4 Å². The average molecular weight is 534 g/mol. The number of nitrogens with one attached hydrogen (secondary N) is 3. The van der Waals surface area contributed by atoms with Gasteiger partial charge >= 0.3 is 5.97 Å². The number of carboxylic acid groups (broad SMARTS) is 1. The normalized spacial score (nSPS) is 14.5. The number of anilines is 5. The highest BCUT2D eigenvalue weighted by atomic mass is 32.2. The van der Waals surface area contributed by atoms with E-state index in [1.54, 1.807) is 31.2 Å². The lowest BCUT2D eigenvalue weighted by atomic mass is 10.1. The third kappa shape index (κ3) is 6.80. The minimum absolute atomic E-state index is 0.144. The van der Waals surface area contributed by atoms with Gasteiger partial charge in [-0.05, 0) is 37.5 Å². The van der Waals surface area contributed by atoms with Gasteiger partial charge in [0.1, 0.15) is 16.5 Å². The predicted octanol–water partition coefficient (Wildman–Crippen LogP) is 2.63. The number of rotatable bonds is 9. The van der Waals surface area contributed by atoms with E-state index >= 15 is 0 Å². The molecular formula is C22H27N7O5S2. The lowest BCUT2D eigenvalue weighted by Crippen LogP contribution is -2.36. The van der Waals surface area contributed by atoms with Gasteiger partial charge in [0.25, 0.3) is 0 Å². The van der Waals surface area contributed by atoms with Crippen LogP contribution in [0, 0.1) is 6.92 Å². The largest absolute Gasteiger partial charge is 0.477 e. The number of aromatic nitrogens is 3. The summed E-state index contributed by atoms with van der Waals surface area (Å²) in [6, 6.07) is 8.79. The van der Waals surface area contributed by atoms with E-state index in [2.05, 4.69) is 35.2 Å². The fraction of sp³-hybridized carbons (Fsp3) is 0.364. The van der Waals surface area contributed by atoms with Gasteiger partial charge in [0, 0.05) is 31.4 Å². The standard InChI is InChI=1S/C22H27N7O5S2/c1-13-19(20(31)32)35-22(24-13)27-21-25-17(11-18(26-21)29-9-7-16(30)8-10-29)23-12-14-3-5-15(6-4-14)28-36(2,33)34/h3-6,11,16,28,30H,7-10,12H2,1-2H3,(H,31,32)(H2,23,24,25,26,27). The van der Waals surface area contributed by atoms with Crippen LogP contribution in [0.25, 0.3) is 0 Å². The van der Waals surface area contributed by atoms with Crippen molar-refractivity contribution in [2.24, 2.45) is 0 Å². The first-order valence-corrected chi connectivity index (χ1v) is 13.9. The van der Waals surface area contributed by atoms with E-state index < -0.39 is 16.0 Å². The summed E-state index contributed by atoms with van der Waals surface area (Å²) in [5.74, 6) is 0.430. The highest BCUT2D eigenvalue weighted by molar-refractivity contribution is 7.92. The van der Waals surface area contributed by atoms with Crippen molar-refractivity contribution >= 4 is 55.7 Å². The van der Waals surface area contributed by atoms with E-state index in [9.17, 15) is 23.4 Å². The molecule has 0 aliphatic carbocycles. The Bertz CT molecular complexity index is 1340. The molecule has 0 amide bonds. The van der Waals surface area contributed by atoms with Gasteiger partial charge in [0.15, 0.2) is 5.13 Å². The molecule has 0 bridgehead atoms. The Morgan fingerprint density at radius 3 is 2.47 bits per heavy atom. The van der Waals surface area contributed by atoms with Gasteiger partial charge < -0.3 is 20.4 Å². The summed E-state index contributed by atoms with van der Waals surface area (Å²) in [5.41, 5.74) is 1.79. The minimum Gasteiger partial charge on any atom is -0.477 e. The number of carboxylic acids is 1. The monoisotopic (exact) mass is 533 g/mol. The molecule has 1 aliphatic heterocycles. The summed E-state index contributed by atoms with van der Waals surface area (Å²) in [6.07, 6.45) is 2.04. The van der Waals surface area contributed by atoms with Gasteiger partial charge in [-0.1, -0.05) is 23.5 Å². The number of benzene rings is 1. The highest BCUT2D eigenvalue weighted by Gasteiger charge is 2.20. The van der Waals surface area contributed by atoms with E-state index in [0.717, 1.165) is 23.2 Å². The first-order chi connectivity index (χ1) is 17.1. The summed E-state index contributed by atoms with van der Waals surface area (Å²) < 4.78 is 25.2. The summed E-state index contributed by atoms with van der Waals surface area (Å²) in [5, 5.41) is 25.8. The summed E-state index contributed by atoms with van der Waals surface area (Å²) in [6.45, 7) is 3.34. The van der Waals surface area contributed by atoms with Crippen molar-refractivity contribution in [3.05, 3.63) is 46.5 Å². The molecule has 0 saturated carbocycles. The van der Waals surface area contributed by atoms with Gasteiger partial charge in [0.05, 0.1) is 18.1 Å². The SMILES string of the molecule is Cc1nc(Nc2nc(NCc3ccc(NS(C)(=O)=O)cc3)cc(N3CCC(O)CC3)n2)sc1C(=O)O. The van der Waals surface area contributed by atoms with Gasteiger partial charge in [-0.3, -0.25) is 10.0 Å². The van der Waals surface area contributed by atoms with Crippen molar-refractivity contribution in [3.63, 3.8) is 0 Å². The third-order valence-electron chi connectivity index (χ3n) is 5.44. The van der Waals surface area contributed by atoms with E-state index in [0.29, 0.717) is 60.6 Å². The number of aryl methyl sites for hydroxylation is 1. The van der Waals surface area contributed by atoms with Crippen molar-refractivity contribution in [1.29, 1.82) is 0 Å². The van der Waals surface area contributed by atoms with Crippen LogP contribution < -0.4 is 20.3 Å². The number of nitrogens with zero attached hydrogens (tertiary/aromatic N) is 4. The Kier molecular flexibility index (Phi) is 7.56. The van der Waals surface area contributed by atoms with Crippen LogP contribution in [0.2, 0.25) is 0 Å². The van der Waals surface area contributed by atoms with Crippen LogP contribution in [0.15, 0.2) is 30.3 Å². The Hall–Kier alpha value is -3.49. The molecule has 5 N–H and O–H groups in total. The van der Waals surface area contributed by atoms with Crippen LogP contribution >= 0.6 is 11.3 Å². The van der Waals surface area contributed by atoms with Crippen LogP contribution in [0.4, 0.5) is 28.4 Å². The lowest BCUT2D eigenvalue weighted by Gasteiger charge is -2.30. The molecule has 0 radical (unpaired) electrons. The molecule has 3 aromatic rings. The number of hydrogen-bond donors (Lipinski definition) is 5. The molecule has 1 aromatic carbocycles. The molecule has 1 fully saturated rings. The molecule has 0 spiro atoms. The first-order valence-electron chi connectivity index (χ1n) is 11.2. The Labute approximate surface area is 212 Å². The van der Waals surface area contributed by atoms with Gasteiger partial charge in [-0.25, -0.2) is 18.2 Å². The number of hydrogen-bond acceptors (Lipinski definition) is 11. The second-order valence-corrected chi connectivity index (χ2v) is 11.2. The maximum absolute atomic E-state index is 11.4. The average Bonchev–Trinajstić information content (AvgIpc) is 3.18. The maximum atomic E-state index is 11.4. The molecular weight excluding hydrogens is 506 g/mol. The lowest BCUT2D eigenvalue weighted by molar-refractivity contribution is 0.0701. The fourth-order valence-corrected chi connectivity index (χ4v) is 5.04. The molecule has 2 aromatic heterocycles. The maximum Gasteiger partial charge on any atom is 0.347 e. The van der Waals surface area contributed by atoms with E-state index in [-0.39, 0.29) is 16.9 Å². The zero-order valence-corrected chi connectivity index (χ0v) is 21.4. The van der Waals surface area contributed by atoms with Crippen molar-refractivity contribution in [2.75, 3.05) is 39.6 Å². The number of aromatic carboxylic acids is 1. The third-order valence-corrected chi connectivity index (χ3v) is 7.11. The molecule has 0 unspecified atom stereocenters. The van der Waals surface area contributed by atoms with Crippen LogP contribution in [0.3, 0.4) is 0 Å². The fourth-order valence-electron chi connectivity index (χ4n) is 3.68. The van der Waals surface area contributed by atoms with Gasteiger partial charge in [0.2, 0.25) is 16.0 Å². The van der Waals surface area contributed by atoms with E-state index in [4.69, 9.17) is 0 Å². The quantitative estimate of drug-likeness (QED) is 0.274. The first kappa shape index (κ1) is 25.6. The second-order valence-electron chi connectivity index (χ2n) is 8.44.